The number of hydrogen-bond acceptors (Lipinski definition) is 3. The van der Waals surface area contributed by atoms with E-state index in [-0.39, 0.29) is 24.4 Å². The quantitative estimate of drug-likeness (QED) is 0.759. The monoisotopic (exact) mass is 344 g/mol. The Kier molecular flexibility index (Phi) is 9.81. The summed E-state index contributed by atoms with van der Waals surface area (Å²) in [5.41, 5.74) is 6.85. The van der Waals surface area contributed by atoms with Crippen LogP contribution in [0.4, 0.5) is 0 Å². The van der Waals surface area contributed by atoms with Gasteiger partial charge >= 0.3 is 0 Å². The summed E-state index contributed by atoms with van der Waals surface area (Å²) in [5.74, 6) is 0.520. The van der Waals surface area contributed by atoms with Crippen LogP contribution in [0.15, 0.2) is 29.2 Å². The molecule has 126 valence electrons. The minimum absolute atomic E-state index is 0. The van der Waals surface area contributed by atoms with Crippen molar-refractivity contribution >= 4 is 30.1 Å². The maximum absolute atomic E-state index is 12.6. The highest BCUT2D eigenvalue weighted by molar-refractivity contribution is 8.00. The summed E-state index contributed by atoms with van der Waals surface area (Å²) in [4.78, 5) is 15.4. The van der Waals surface area contributed by atoms with Gasteiger partial charge in [-0.15, -0.1) is 24.2 Å². The molecule has 1 aromatic rings. The molecule has 0 heterocycles. The second-order valence-electron chi connectivity index (χ2n) is 6.09. The van der Waals surface area contributed by atoms with Gasteiger partial charge in [0, 0.05) is 29.8 Å². The first-order valence-electron chi connectivity index (χ1n) is 7.59. The van der Waals surface area contributed by atoms with E-state index in [9.17, 15) is 4.79 Å². The van der Waals surface area contributed by atoms with Gasteiger partial charge in [0.25, 0.3) is 5.91 Å². The fraction of sp³-hybridized carbons (Fsp3) is 0.588. The highest BCUT2D eigenvalue weighted by Gasteiger charge is 2.17. The molecular formula is C17H29ClN2OS. The van der Waals surface area contributed by atoms with Crippen LogP contribution in [-0.2, 0) is 0 Å². The molecule has 22 heavy (non-hydrogen) atoms. The Hall–Kier alpha value is -0.710. The molecular weight excluding hydrogens is 316 g/mol. The van der Waals surface area contributed by atoms with Crippen LogP contribution >= 0.6 is 24.2 Å². The molecule has 2 N–H and O–H groups in total. The summed E-state index contributed by atoms with van der Waals surface area (Å²) < 4.78 is 0. The van der Waals surface area contributed by atoms with Gasteiger partial charge in [-0.3, -0.25) is 4.79 Å². The second kappa shape index (κ2) is 10.1. The minimum Gasteiger partial charge on any atom is -0.342 e. The van der Waals surface area contributed by atoms with Gasteiger partial charge in [-0.05, 0) is 24.5 Å². The van der Waals surface area contributed by atoms with Gasteiger partial charge < -0.3 is 10.6 Å². The van der Waals surface area contributed by atoms with E-state index in [0.717, 1.165) is 16.9 Å². The number of halogens is 1. The molecule has 0 aliphatic carbocycles. The predicted molar refractivity (Wildman–Crippen MR) is 99.1 cm³/mol. The Labute approximate surface area is 145 Å². The summed E-state index contributed by atoms with van der Waals surface area (Å²) in [6.45, 7) is 9.19. The van der Waals surface area contributed by atoms with Crippen LogP contribution < -0.4 is 5.73 Å². The molecule has 0 aliphatic heterocycles. The van der Waals surface area contributed by atoms with Gasteiger partial charge in [-0.2, -0.15) is 0 Å². The van der Waals surface area contributed by atoms with Crippen molar-refractivity contribution in [3.63, 3.8) is 0 Å². The van der Waals surface area contributed by atoms with Gasteiger partial charge in [0.1, 0.15) is 0 Å². The zero-order chi connectivity index (χ0) is 16.0. The Morgan fingerprint density at radius 1 is 1.23 bits per heavy atom. The highest BCUT2D eigenvalue weighted by atomic mass is 35.5. The van der Waals surface area contributed by atoms with Gasteiger partial charge in [-0.1, -0.05) is 39.8 Å². The molecule has 0 aliphatic rings. The molecule has 5 heteroatoms. The number of nitrogens with zero attached hydrogens (tertiary/aromatic N) is 1. The third-order valence-electron chi connectivity index (χ3n) is 3.48. The molecule has 0 radical (unpaired) electrons. The van der Waals surface area contributed by atoms with Gasteiger partial charge in [0.05, 0.1) is 5.56 Å². The zero-order valence-electron chi connectivity index (χ0n) is 14.2. The Morgan fingerprint density at radius 2 is 1.82 bits per heavy atom. The molecule has 0 fully saturated rings. The Morgan fingerprint density at radius 3 is 2.36 bits per heavy atom. The van der Waals surface area contributed by atoms with E-state index in [4.69, 9.17) is 5.73 Å². The molecule has 1 unspecified atom stereocenters. The van der Waals surface area contributed by atoms with Crippen LogP contribution in [0.5, 0.6) is 0 Å². The fourth-order valence-electron chi connectivity index (χ4n) is 1.98. The van der Waals surface area contributed by atoms with E-state index < -0.39 is 0 Å². The summed E-state index contributed by atoms with van der Waals surface area (Å²) in [5, 5.41) is 0.457. The van der Waals surface area contributed by atoms with Crippen LogP contribution in [0, 0.1) is 5.92 Å². The average molecular weight is 345 g/mol. The van der Waals surface area contributed by atoms with Gasteiger partial charge in [-0.25, -0.2) is 0 Å². The number of hydrogen-bond donors (Lipinski definition) is 1. The third-order valence-corrected chi connectivity index (χ3v) is 4.56. The number of carbonyl (C=O) groups is 1. The number of amides is 1. The molecule has 3 nitrogen and oxygen atoms in total. The lowest BCUT2D eigenvalue weighted by molar-refractivity contribution is 0.0786. The van der Waals surface area contributed by atoms with Crippen LogP contribution in [0.1, 0.15) is 44.5 Å². The van der Waals surface area contributed by atoms with E-state index in [1.54, 1.807) is 16.7 Å². The van der Waals surface area contributed by atoms with Crippen molar-refractivity contribution in [1.29, 1.82) is 0 Å². The summed E-state index contributed by atoms with van der Waals surface area (Å²) in [7, 11) is 1.85. The topological polar surface area (TPSA) is 46.3 Å². The van der Waals surface area contributed by atoms with Crippen LogP contribution in [0.3, 0.4) is 0 Å². The first-order valence-corrected chi connectivity index (χ1v) is 8.47. The number of thioether (sulfide) groups is 1. The third kappa shape index (κ3) is 6.59. The van der Waals surface area contributed by atoms with Crippen LogP contribution in [0.25, 0.3) is 0 Å². The molecule has 1 amide bonds. The number of carbonyl (C=O) groups excluding carboxylic acids is 1. The average Bonchev–Trinajstić information content (AvgIpc) is 2.43. The fourth-order valence-corrected chi connectivity index (χ4v) is 2.93. The van der Waals surface area contributed by atoms with Crippen LogP contribution in [-0.4, -0.2) is 35.7 Å². The second-order valence-corrected chi connectivity index (χ2v) is 7.70. The largest absolute Gasteiger partial charge is 0.342 e. The van der Waals surface area contributed by atoms with E-state index in [1.165, 1.54) is 0 Å². The summed E-state index contributed by atoms with van der Waals surface area (Å²) in [6, 6.07) is 7.97. The van der Waals surface area contributed by atoms with Crippen molar-refractivity contribution in [1.82, 2.24) is 4.90 Å². The van der Waals surface area contributed by atoms with Crippen molar-refractivity contribution in [2.45, 2.75) is 50.3 Å². The number of nitrogens with two attached hydrogens (primary N) is 1. The van der Waals surface area contributed by atoms with E-state index in [2.05, 4.69) is 27.7 Å². The van der Waals surface area contributed by atoms with Crippen molar-refractivity contribution in [3.8, 4) is 0 Å². The lowest BCUT2D eigenvalue weighted by Gasteiger charge is -2.22. The molecule has 1 atom stereocenters. The lowest BCUT2D eigenvalue weighted by atomic mass is 10.0. The molecule has 0 bridgehead atoms. The maximum Gasteiger partial charge on any atom is 0.254 e. The standard InChI is InChI=1S/C17H28N2OS.ClH/c1-12(2)15(18)10-11-19(5)17(20)14-8-6-7-9-16(14)21-13(3)4;/h6-9,12-13,15H,10-11,18H2,1-5H3;1H. The molecule has 0 saturated heterocycles. The van der Waals surface area contributed by atoms with Crippen molar-refractivity contribution in [2.24, 2.45) is 11.7 Å². The van der Waals surface area contributed by atoms with Gasteiger partial charge in [0.15, 0.2) is 0 Å². The predicted octanol–water partition coefficient (Wildman–Crippen LogP) is 4.05. The lowest BCUT2D eigenvalue weighted by Crippen LogP contribution is -2.34. The first kappa shape index (κ1) is 21.3. The van der Waals surface area contributed by atoms with Crippen LogP contribution in [0.2, 0.25) is 0 Å². The smallest absolute Gasteiger partial charge is 0.254 e. The normalized spacial score (nSPS) is 12.2. The Balaban J connectivity index is 0.00000441. The highest BCUT2D eigenvalue weighted by Crippen LogP contribution is 2.27. The van der Waals surface area contributed by atoms with E-state index in [0.29, 0.717) is 17.7 Å². The number of rotatable bonds is 7. The first-order chi connectivity index (χ1) is 9.82. The SMILES string of the molecule is CC(C)Sc1ccccc1C(=O)N(C)CCC(N)C(C)C.Cl. The molecule has 1 aromatic carbocycles. The summed E-state index contributed by atoms with van der Waals surface area (Å²) >= 11 is 1.73. The number of benzene rings is 1. The van der Waals surface area contributed by atoms with Crippen molar-refractivity contribution < 1.29 is 4.79 Å². The van der Waals surface area contributed by atoms with Gasteiger partial charge in [0.2, 0.25) is 0 Å². The molecule has 0 saturated carbocycles. The molecule has 0 spiro atoms. The van der Waals surface area contributed by atoms with Crippen molar-refractivity contribution in [2.75, 3.05) is 13.6 Å². The van der Waals surface area contributed by atoms with Crippen molar-refractivity contribution in [3.05, 3.63) is 29.8 Å². The zero-order valence-corrected chi connectivity index (χ0v) is 15.8. The Bertz CT molecular complexity index is 466. The molecule has 1 rings (SSSR count). The minimum atomic E-state index is 0. The van der Waals surface area contributed by atoms with E-state index >= 15 is 0 Å². The van der Waals surface area contributed by atoms with E-state index in [1.807, 2.05) is 31.3 Å². The summed E-state index contributed by atoms with van der Waals surface area (Å²) in [6.07, 6.45) is 0.833. The maximum atomic E-state index is 12.6. The molecule has 0 aromatic heterocycles.